The highest BCUT2D eigenvalue weighted by Gasteiger charge is 2.22. The van der Waals surface area contributed by atoms with E-state index < -0.39 is 0 Å². The molecule has 4 heteroatoms. The Morgan fingerprint density at radius 1 is 0.475 bits per heavy atom. The van der Waals surface area contributed by atoms with E-state index in [2.05, 4.69) is 82.9 Å². The first kappa shape index (κ1) is 23.6. The zero-order valence-electron chi connectivity index (χ0n) is 21.6. The van der Waals surface area contributed by atoms with Crippen molar-refractivity contribution in [1.82, 2.24) is 0 Å². The molecule has 0 bridgehead atoms. The Morgan fingerprint density at radius 3 is 1.52 bits per heavy atom. The summed E-state index contributed by atoms with van der Waals surface area (Å²) in [6.07, 6.45) is 0. The molecule has 1 aromatic heterocycles. The van der Waals surface area contributed by atoms with Crippen LogP contribution < -0.4 is 4.90 Å². The van der Waals surface area contributed by atoms with Crippen molar-refractivity contribution >= 4 is 44.7 Å². The van der Waals surface area contributed by atoms with Crippen LogP contribution in [0.4, 0.5) is 22.7 Å². The number of para-hydroxylation sites is 1. The van der Waals surface area contributed by atoms with Gasteiger partial charge < -0.3 is 9.32 Å². The van der Waals surface area contributed by atoms with Gasteiger partial charge in [0.1, 0.15) is 5.58 Å². The standard InChI is InChI=1S/C36H24N2O2/c39-37-35-33(24-23-32-31-13-7-8-14-34(31)40-36(32)35)38(29-19-15-27(16-20-29)25-9-3-1-4-10-25)30-21-17-28(18-22-30)26-11-5-2-6-12-26/h1-24H. The summed E-state index contributed by atoms with van der Waals surface area (Å²) in [5.41, 5.74) is 8.48. The smallest absolute Gasteiger partial charge is 0.175 e. The third kappa shape index (κ3) is 4.12. The van der Waals surface area contributed by atoms with E-state index in [1.807, 2.05) is 72.8 Å². The highest BCUT2D eigenvalue weighted by Crippen LogP contribution is 2.46. The number of hydrogen-bond acceptors (Lipinski definition) is 4. The summed E-state index contributed by atoms with van der Waals surface area (Å²) in [5.74, 6) is 0. The summed E-state index contributed by atoms with van der Waals surface area (Å²) in [5, 5.41) is 5.34. The molecule has 4 nitrogen and oxygen atoms in total. The van der Waals surface area contributed by atoms with Crippen molar-refractivity contribution in [3.8, 4) is 22.3 Å². The van der Waals surface area contributed by atoms with E-state index >= 15 is 0 Å². The van der Waals surface area contributed by atoms with Crippen molar-refractivity contribution in [3.63, 3.8) is 0 Å². The molecule has 190 valence electrons. The van der Waals surface area contributed by atoms with Gasteiger partial charge in [0.15, 0.2) is 11.3 Å². The van der Waals surface area contributed by atoms with Gasteiger partial charge in [-0.05, 0) is 69.9 Å². The Bertz CT molecular complexity index is 1860. The van der Waals surface area contributed by atoms with Crippen LogP contribution in [0.5, 0.6) is 0 Å². The lowest BCUT2D eigenvalue weighted by Crippen LogP contribution is -2.10. The van der Waals surface area contributed by atoms with Crippen LogP contribution >= 0.6 is 0 Å². The Hall–Kier alpha value is -5.48. The monoisotopic (exact) mass is 516 g/mol. The number of fused-ring (bicyclic) bond motifs is 3. The fourth-order valence-corrected chi connectivity index (χ4v) is 5.33. The Balaban J connectivity index is 1.39. The molecule has 40 heavy (non-hydrogen) atoms. The molecule has 0 radical (unpaired) electrons. The minimum Gasteiger partial charge on any atom is -0.454 e. The van der Waals surface area contributed by atoms with E-state index in [0.29, 0.717) is 11.3 Å². The van der Waals surface area contributed by atoms with Gasteiger partial charge in [0, 0.05) is 22.1 Å². The third-order valence-corrected chi connectivity index (χ3v) is 7.30. The third-order valence-electron chi connectivity index (χ3n) is 7.30. The van der Waals surface area contributed by atoms with Gasteiger partial charge in [0.2, 0.25) is 0 Å². The normalized spacial score (nSPS) is 11.1. The summed E-state index contributed by atoms with van der Waals surface area (Å²) < 4.78 is 6.17. The Kier molecular flexibility index (Phi) is 5.91. The molecule has 0 aliphatic carbocycles. The lowest BCUT2D eigenvalue weighted by Gasteiger charge is -2.26. The number of anilines is 3. The minimum absolute atomic E-state index is 0.271. The molecule has 0 unspecified atom stereocenters. The van der Waals surface area contributed by atoms with Gasteiger partial charge >= 0.3 is 0 Å². The lowest BCUT2D eigenvalue weighted by atomic mass is 10.0. The first-order valence-corrected chi connectivity index (χ1v) is 13.2. The average Bonchev–Trinajstić information content (AvgIpc) is 3.41. The van der Waals surface area contributed by atoms with Crippen LogP contribution in [-0.2, 0) is 0 Å². The second-order valence-electron chi connectivity index (χ2n) is 9.66. The van der Waals surface area contributed by atoms with Crippen molar-refractivity contribution in [1.29, 1.82) is 0 Å². The number of hydrogen-bond donors (Lipinski definition) is 0. The number of nitrogens with zero attached hydrogens (tertiary/aromatic N) is 2. The van der Waals surface area contributed by atoms with Gasteiger partial charge in [0.25, 0.3) is 0 Å². The average molecular weight is 517 g/mol. The molecule has 1 heterocycles. The predicted octanol–water partition coefficient (Wildman–Crippen LogP) is 10.8. The van der Waals surface area contributed by atoms with Gasteiger partial charge in [0.05, 0.1) is 5.69 Å². The molecule has 0 fully saturated rings. The first-order chi connectivity index (χ1) is 19.8. The topological polar surface area (TPSA) is 45.8 Å². The maximum Gasteiger partial charge on any atom is 0.175 e. The maximum absolute atomic E-state index is 12.4. The number of benzene rings is 6. The summed E-state index contributed by atoms with van der Waals surface area (Å²) in [7, 11) is 0. The van der Waals surface area contributed by atoms with Gasteiger partial charge in [-0.15, -0.1) is 4.91 Å². The van der Waals surface area contributed by atoms with E-state index in [-0.39, 0.29) is 5.69 Å². The molecule has 0 saturated heterocycles. The molecule has 0 saturated carbocycles. The highest BCUT2D eigenvalue weighted by molar-refractivity contribution is 6.11. The quantitative estimate of drug-likeness (QED) is 0.207. The second kappa shape index (κ2) is 10.0. The van der Waals surface area contributed by atoms with E-state index in [1.54, 1.807) is 0 Å². The number of furan rings is 1. The van der Waals surface area contributed by atoms with Crippen LogP contribution in [0.3, 0.4) is 0 Å². The molecule has 0 N–H and O–H groups in total. The van der Waals surface area contributed by atoms with Crippen molar-refractivity contribution in [3.05, 3.63) is 150 Å². The van der Waals surface area contributed by atoms with Crippen molar-refractivity contribution in [2.75, 3.05) is 4.90 Å². The molecule has 0 aliphatic rings. The fourth-order valence-electron chi connectivity index (χ4n) is 5.33. The number of nitroso groups, excluding NO2 is 1. The summed E-state index contributed by atoms with van der Waals surface area (Å²) in [6, 6.07) is 49.0. The van der Waals surface area contributed by atoms with Gasteiger partial charge in [-0.3, -0.25) is 0 Å². The molecule has 0 atom stereocenters. The second-order valence-corrected chi connectivity index (χ2v) is 9.66. The zero-order valence-corrected chi connectivity index (χ0v) is 21.6. The molecule has 6 aromatic carbocycles. The van der Waals surface area contributed by atoms with Crippen molar-refractivity contribution < 1.29 is 4.42 Å². The molecule has 0 amide bonds. The van der Waals surface area contributed by atoms with Crippen LogP contribution in [0.15, 0.2) is 155 Å². The van der Waals surface area contributed by atoms with E-state index in [1.165, 1.54) is 0 Å². The number of rotatable bonds is 6. The van der Waals surface area contributed by atoms with Crippen LogP contribution in [0.1, 0.15) is 0 Å². The van der Waals surface area contributed by atoms with Gasteiger partial charge in [-0.25, -0.2) is 0 Å². The zero-order chi connectivity index (χ0) is 26.9. The summed E-state index contributed by atoms with van der Waals surface area (Å²) >= 11 is 0. The Labute approximate surface area is 231 Å². The van der Waals surface area contributed by atoms with E-state index in [9.17, 15) is 4.91 Å². The first-order valence-electron chi connectivity index (χ1n) is 13.2. The maximum atomic E-state index is 12.4. The predicted molar refractivity (Wildman–Crippen MR) is 165 cm³/mol. The Morgan fingerprint density at radius 2 is 0.975 bits per heavy atom. The highest BCUT2D eigenvalue weighted by atomic mass is 16.3. The lowest BCUT2D eigenvalue weighted by molar-refractivity contribution is 0.669. The van der Waals surface area contributed by atoms with Crippen molar-refractivity contribution in [2.24, 2.45) is 5.18 Å². The molecular weight excluding hydrogens is 492 g/mol. The summed E-state index contributed by atoms with van der Waals surface area (Å²) in [6.45, 7) is 0. The minimum atomic E-state index is 0.271. The molecular formula is C36H24N2O2. The van der Waals surface area contributed by atoms with E-state index in [0.717, 1.165) is 50.0 Å². The van der Waals surface area contributed by atoms with Gasteiger partial charge in [-0.1, -0.05) is 103 Å². The van der Waals surface area contributed by atoms with Crippen LogP contribution in [-0.4, -0.2) is 0 Å². The summed E-state index contributed by atoms with van der Waals surface area (Å²) in [4.78, 5) is 14.5. The van der Waals surface area contributed by atoms with Crippen molar-refractivity contribution in [2.45, 2.75) is 0 Å². The fraction of sp³-hybridized carbons (Fsp3) is 0. The molecule has 7 rings (SSSR count). The van der Waals surface area contributed by atoms with Crippen LogP contribution in [0.25, 0.3) is 44.2 Å². The van der Waals surface area contributed by atoms with Crippen LogP contribution in [0, 0.1) is 4.91 Å². The van der Waals surface area contributed by atoms with Gasteiger partial charge in [-0.2, -0.15) is 0 Å². The molecule has 0 aliphatic heterocycles. The van der Waals surface area contributed by atoms with Crippen LogP contribution in [0.2, 0.25) is 0 Å². The SMILES string of the molecule is O=Nc1c(N(c2ccc(-c3ccccc3)cc2)c2ccc(-c3ccccc3)cc2)ccc2c1oc1ccccc12. The molecule has 0 spiro atoms. The molecule has 7 aromatic rings. The largest absolute Gasteiger partial charge is 0.454 e. The van der Waals surface area contributed by atoms with E-state index in [4.69, 9.17) is 4.42 Å².